The van der Waals surface area contributed by atoms with Gasteiger partial charge in [-0.05, 0) is 37.3 Å². The summed E-state index contributed by atoms with van der Waals surface area (Å²) in [6, 6.07) is 17.6. The summed E-state index contributed by atoms with van der Waals surface area (Å²) in [6.45, 7) is 4.28. The Hall–Kier alpha value is -3.28. The van der Waals surface area contributed by atoms with E-state index in [2.05, 4.69) is 23.0 Å². The van der Waals surface area contributed by atoms with Crippen molar-refractivity contribution in [3.63, 3.8) is 0 Å². The zero-order valence-electron chi connectivity index (χ0n) is 16.2. The molecule has 2 aromatic carbocycles. The van der Waals surface area contributed by atoms with Gasteiger partial charge < -0.3 is 14.5 Å². The van der Waals surface area contributed by atoms with E-state index in [4.69, 9.17) is 4.74 Å². The number of rotatable bonds is 4. The highest BCUT2D eigenvalue weighted by atomic mass is 16.5. The van der Waals surface area contributed by atoms with Crippen LogP contribution >= 0.6 is 0 Å². The summed E-state index contributed by atoms with van der Waals surface area (Å²) in [4.78, 5) is 17.6. The van der Waals surface area contributed by atoms with E-state index in [1.165, 1.54) is 0 Å². The first-order chi connectivity index (χ1) is 13.7. The van der Waals surface area contributed by atoms with Crippen LogP contribution in [0.15, 0.2) is 67.0 Å². The van der Waals surface area contributed by atoms with E-state index in [0.717, 1.165) is 30.2 Å². The molecule has 6 heteroatoms. The highest BCUT2D eigenvalue weighted by molar-refractivity contribution is 5.98. The van der Waals surface area contributed by atoms with Crippen LogP contribution in [0.3, 0.4) is 0 Å². The molecule has 6 nitrogen and oxygen atoms in total. The second kappa shape index (κ2) is 7.76. The molecule has 3 aromatic rings. The maximum Gasteiger partial charge on any atom is 0.256 e. The average Bonchev–Trinajstić information content (AvgIpc) is 3.28. The van der Waals surface area contributed by atoms with E-state index in [0.29, 0.717) is 12.1 Å². The van der Waals surface area contributed by atoms with Crippen LogP contribution in [0.2, 0.25) is 0 Å². The van der Waals surface area contributed by atoms with E-state index in [9.17, 15) is 4.79 Å². The Labute approximate surface area is 164 Å². The number of piperazine rings is 1. The van der Waals surface area contributed by atoms with Crippen LogP contribution in [-0.2, 0) is 0 Å². The smallest absolute Gasteiger partial charge is 0.256 e. The SMILES string of the molecule is COc1ccccc1N1CCN(C(=O)c2ccccc2-n2cccn2)[C@H](C)C1. The third-order valence-electron chi connectivity index (χ3n) is 5.20. The molecule has 0 unspecified atom stereocenters. The highest BCUT2D eigenvalue weighted by Gasteiger charge is 2.30. The summed E-state index contributed by atoms with van der Waals surface area (Å²) < 4.78 is 7.24. The lowest BCUT2D eigenvalue weighted by atomic mass is 10.1. The minimum absolute atomic E-state index is 0.0401. The summed E-state index contributed by atoms with van der Waals surface area (Å²) in [6.07, 6.45) is 3.57. The molecular formula is C22H24N4O2. The largest absolute Gasteiger partial charge is 0.495 e. The van der Waals surface area contributed by atoms with Gasteiger partial charge in [0.2, 0.25) is 0 Å². The van der Waals surface area contributed by atoms with Crippen LogP contribution in [0.4, 0.5) is 5.69 Å². The summed E-state index contributed by atoms with van der Waals surface area (Å²) in [5, 5.41) is 4.29. The quantitative estimate of drug-likeness (QED) is 0.702. The van der Waals surface area contributed by atoms with Crippen LogP contribution in [0, 0.1) is 0 Å². The Morgan fingerprint density at radius 3 is 2.50 bits per heavy atom. The molecule has 1 aliphatic rings. The number of benzene rings is 2. The number of nitrogens with zero attached hydrogens (tertiary/aromatic N) is 4. The average molecular weight is 376 g/mol. The summed E-state index contributed by atoms with van der Waals surface area (Å²) in [5.74, 6) is 0.900. The second-order valence-electron chi connectivity index (χ2n) is 6.93. The topological polar surface area (TPSA) is 50.6 Å². The molecule has 2 heterocycles. The molecule has 1 aromatic heterocycles. The second-order valence-corrected chi connectivity index (χ2v) is 6.93. The van der Waals surface area contributed by atoms with Crippen molar-refractivity contribution in [1.82, 2.24) is 14.7 Å². The van der Waals surface area contributed by atoms with Gasteiger partial charge in [0.25, 0.3) is 5.91 Å². The third-order valence-corrected chi connectivity index (χ3v) is 5.20. The molecule has 0 bridgehead atoms. The molecule has 28 heavy (non-hydrogen) atoms. The van der Waals surface area contributed by atoms with Crippen LogP contribution in [-0.4, -0.2) is 53.4 Å². The Bertz CT molecular complexity index is 955. The summed E-state index contributed by atoms with van der Waals surface area (Å²) in [5.41, 5.74) is 2.54. The standard InChI is InChI=1S/C22H24N4O2/c1-17-16-24(20-10-5-6-11-21(20)28-2)14-15-25(17)22(27)18-8-3-4-9-19(18)26-13-7-12-23-26/h3-13,17H,14-16H2,1-2H3/t17-/m1/s1. The molecule has 0 aliphatic carbocycles. The predicted octanol–water partition coefficient (Wildman–Crippen LogP) is 3.23. The molecule has 0 saturated carbocycles. The highest BCUT2D eigenvalue weighted by Crippen LogP contribution is 2.30. The molecule has 0 radical (unpaired) electrons. The minimum atomic E-state index is 0.0401. The van der Waals surface area contributed by atoms with Gasteiger partial charge in [0.15, 0.2) is 0 Å². The lowest BCUT2D eigenvalue weighted by molar-refractivity contribution is 0.0674. The molecule has 1 saturated heterocycles. The van der Waals surface area contributed by atoms with Gasteiger partial charge in [0, 0.05) is 38.1 Å². The van der Waals surface area contributed by atoms with Crippen molar-refractivity contribution in [3.8, 4) is 11.4 Å². The summed E-state index contributed by atoms with van der Waals surface area (Å²) >= 11 is 0. The van der Waals surface area contributed by atoms with Crippen LogP contribution in [0.5, 0.6) is 5.75 Å². The van der Waals surface area contributed by atoms with Crippen molar-refractivity contribution in [2.24, 2.45) is 0 Å². The molecule has 0 spiro atoms. The van der Waals surface area contributed by atoms with Crippen LogP contribution in [0.25, 0.3) is 5.69 Å². The zero-order valence-corrected chi connectivity index (χ0v) is 16.2. The van der Waals surface area contributed by atoms with Gasteiger partial charge in [-0.2, -0.15) is 5.10 Å². The van der Waals surface area contributed by atoms with E-state index >= 15 is 0 Å². The normalized spacial score (nSPS) is 16.9. The number of carbonyl (C=O) groups is 1. The lowest BCUT2D eigenvalue weighted by Gasteiger charge is -2.41. The number of para-hydroxylation sites is 3. The molecule has 1 amide bonds. The van der Waals surface area contributed by atoms with Gasteiger partial charge in [-0.15, -0.1) is 0 Å². The van der Waals surface area contributed by atoms with E-state index in [1.54, 1.807) is 18.0 Å². The van der Waals surface area contributed by atoms with Crippen LogP contribution < -0.4 is 9.64 Å². The first kappa shape index (κ1) is 18.1. The fourth-order valence-electron chi connectivity index (χ4n) is 3.79. The Kier molecular flexibility index (Phi) is 5.02. The maximum atomic E-state index is 13.3. The molecule has 1 atom stereocenters. The Morgan fingerprint density at radius 2 is 1.79 bits per heavy atom. The molecule has 0 N–H and O–H groups in total. The van der Waals surface area contributed by atoms with Gasteiger partial charge in [0.05, 0.1) is 24.0 Å². The van der Waals surface area contributed by atoms with Crippen molar-refractivity contribution < 1.29 is 9.53 Å². The maximum absolute atomic E-state index is 13.3. The van der Waals surface area contributed by atoms with Crippen molar-refractivity contribution in [3.05, 3.63) is 72.6 Å². The number of hydrogen-bond donors (Lipinski definition) is 0. The first-order valence-corrected chi connectivity index (χ1v) is 9.47. The number of amides is 1. The molecule has 144 valence electrons. The fraction of sp³-hybridized carbons (Fsp3) is 0.273. The van der Waals surface area contributed by atoms with Gasteiger partial charge in [-0.3, -0.25) is 4.79 Å². The zero-order chi connectivity index (χ0) is 19.5. The number of anilines is 1. The number of carbonyl (C=O) groups excluding carboxylic acids is 1. The molecule has 1 aliphatic heterocycles. The van der Waals surface area contributed by atoms with Crippen LogP contribution in [0.1, 0.15) is 17.3 Å². The van der Waals surface area contributed by atoms with Crippen molar-refractivity contribution >= 4 is 11.6 Å². The van der Waals surface area contributed by atoms with Crippen molar-refractivity contribution in [2.45, 2.75) is 13.0 Å². The van der Waals surface area contributed by atoms with Gasteiger partial charge in [-0.25, -0.2) is 4.68 Å². The first-order valence-electron chi connectivity index (χ1n) is 9.47. The van der Waals surface area contributed by atoms with Crippen molar-refractivity contribution in [1.29, 1.82) is 0 Å². The molecule has 4 rings (SSSR count). The number of methoxy groups -OCH3 is 1. The van der Waals surface area contributed by atoms with Gasteiger partial charge in [-0.1, -0.05) is 24.3 Å². The fourth-order valence-corrected chi connectivity index (χ4v) is 3.79. The minimum Gasteiger partial charge on any atom is -0.495 e. The number of aromatic nitrogens is 2. The lowest BCUT2D eigenvalue weighted by Crippen LogP contribution is -2.54. The third kappa shape index (κ3) is 3.33. The number of hydrogen-bond acceptors (Lipinski definition) is 4. The molecule has 1 fully saturated rings. The predicted molar refractivity (Wildman–Crippen MR) is 109 cm³/mol. The van der Waals surface area contributed by atoms with Gasteiger partial charge >= 0.3 is 0 Å². The monoisotopic (exact) mass is 376 g/mol. The Balaban J connectivity index is 1.55. The number of ether oxygens (including phenoxy) is 1. The van der Waals surface area contributed by atoms with Gasteiger partial charge in [0.1, 0.15) is 5.75 Å². The van der Waals surface area contributed by atoms with E-state index in [1.807, 2.05) is 59.6 Å². The van der Waals surface area contributed by atoms with E-state index in [-0.39, 0.29) is 11.9 Å². The van der Waals surface area contributed by atoms with Crippen molar-refractivity contribution in [2.75, 3.05) is 31.6 Å². The molecular weight excluding hydrogens is 352 g/mol. The Morgan fingerprint density at radius 1 is 1.04 bits per heavy atom. The van der Waals surface area contributed by atoms with E-state index < -0.39 is 0 Å². The summed E-state index contributed by atoms with van der Waals surface area (Å²) in [7, 11) is 1.69.